The fourth-order valence-corrected chi connectivity index (χ4v) is 6.80. The van der Waals surface area contributed by atoms with Crippen LogP contribution in [-0.4, -0.2) is 52.1 Å². The van der Waals surface area contributed by atoms with Crippen LogP contribution in [0.3, 0.4) is 0 Å². The van der Waals surface area contributed by atoms with Crippen molar-refractivity contribution in [3.63, 3.8) is 0 Å². The summed E-state index contributed by atoms with van der Waals surface area (Å²) < 4.78 is 57.3. The van der Waals surface area contributed by atoms with E-state index in [1.54, 1.807) is 83.7 Å². The molecule has 0 fully saturated rings. The largest absolute Gasteiger partial charge is 0.460 e. The van der Waals surface area contributed by atoms with Crippen molar-refractivity contribution in [2.45, 2.75) is 85.1 Å². The number of carbonyl (C=O) groups excluding carboxylic acids is 2. The van der Waals surface area contributed by atoms with Crippen molar-refractivity contribution < 1.29 is 32.2 Å². The average Bonchev–Trinajstić information content (AvgIpc) is 3.50. The van der Waals surface area contributed by atoms with Gasteiger partial charge in [0.25, 0.3) is 0 Å². The first-order valence-electron chi connectivity index (χ1n) is 18.5. The molecular weight excluding hydrogens is 793 g/mol. The van der Waals surface area contributed by atoms with Gasteiger partial charge in [0.15, 0.2) is 17.5 Å². The molecule has 0 bridgehead atoms. The van der Waals surface area contributed by atoms with E-state index >= 15 is 0 Å². The SMILES string of the molecule is Cn1cc2c(CCCC(=O)OC(C)(C)C)c(Nc3nc(=O)n(-c4cncc5cccc(CNC(=O)OC(C)(C)C)c45)c(=O)n3Cc3cc(F)c(F)c(F)c3)c(Cl)cc2n1. The molecule has 0 saturated heterocycles. The zero-order valence-corrected chi connectivity index (χ0v) is 34.1. The van der Waals surface area contributed by atoms with Crippen LogP contribution in [0.15, 0.2) is 64.6 Å². The molecule has 0 aliphatic heterocycles. The molecule has 6 aromatic rings. The predicted octanol–water partition coefficient (Wildman–Crippen LogP) is 7.38. The number of alkyl carbamates (subject to hydrolysis) is 1. The summed E-state index contributed by atoms with van der Waals surface area (Å²) in [6, 6.07) is 8.10. The van der Waals surface area contributed by atoms with Crippen LogP contribution in [-0.2, 0) is 40.8 Å². The van der Waals surface area contributed by atoms with E-state index in [9.17, 15) is 32.3 Å². The highest BCUT2D eigenvalue weighted by Crippen LogP contribution is 2.36. The Hall–Kier alpha value is -6.23. The first-order valence-corrected chi connectivity index (χ1v) is 18.9. The number of ether oxygens (including phenoxy) is 2. The molecule has 18 heteroatoms. The number of carbonyl (C=O) groups is 2. The number of hydrogen-bond donors (Lipinski definition) is 2. The zero-order chi connectivity index (χ0) is 43.0. The molecule has 14 nitrogen and oxygen atoms in total. The fourth-order valence-electron chi connectivity index (χ4n) is 6.54. The molecule has 0 spiro atoms. The number of anilines is 2. The van der Waals surface area contributed by atoms with Gasteiger partial charge < -0.3 is 20.1 Å². The molecule has 0 radical (unpaired) electrons. The van der Waals surface area contributed by atoms with Crippen molar-refractivity contribution in [1.82, 2.24) is 34.2 Å². The van der Waals surface area contributed by atoms with E-state index in [1.165, 1.54) is 12.4 Å². The average molecular weight is 835 g/mol. The highest BCUT2D eigenvalue weighted by Gasteiger charge is 2.24. The van der Waals surface area contributed by atoms with Gasteiger partial charge in [0.05, 0.1) is 34.7 Å². The Kier molecular flexibility index (Phi) is 11.9. The highest BCUT2D eigenvalue weighted by atomic mass is 35.5. The van der Waals surface area contributed by atoms with E-state index in [2.05, 4.69) is 25.7 Å². The van der Waals surface area contributed by atoms with Crippen LogP contribution in [0.1, 0.15) is 71.1 Å². The minimum absolute atomic E-state index is 0.0130. The zero-order valence-electron chi connectivity index (χ0n) is 33.4. The normalized spacial score (nSPS) is 11.9. The van der Waals surface area contributed by atoms with Crippen molar-refractivity contribution in [2.24, 2.45) is 7.05 Å². The molecule has 1 amide bonds. The number of fused-ring (bicyclic) bond motifs is 2. The van der Waals surface area contributed by atoms with Gasteiger partial charge in [0.2, 0.25) is 5.95 Å². The van der Waals surface area contributed by atoms with Gasteiger partial charge in [-0.3, -0.25) is 19.0 Å². The molecule has 0 saturated carbocycles. The molecule has 0 aliphatic carbocycles. The first-order chi connectivity index (χ1) is 27.7. The Labute approximate surface area is 340 Å². The summed E-state index contributed by atoms with van der Waals surface area (Å²) in [5.74, 6) is -5.49. The van der Waals surface area contributed by atoms with Crippen LogP contribution in [0.2, 0.25) is 5.02 Å². The molecule has 0 atom stereocenters. The van der Waals surface area contributed by atoms with Crippen LogP contribution in [0.5, 0.6) is 0 Å². The van der Waals surface area contributed by atoms with E-state index in [-0.39, 0.29) is 47.3 Å². The monoisotopic (exact) mass is 834 g/mol. The standard InChI is InChI=1S/C41H42ClF3N8O6/c1-40(2,3)58-32(54)13-9-12-25-26-21-51(7)50-30(26)16-27(42)35(25)48-36-49-37(55)53(39(57)52(36)20-22-14-28(43)34(45)29(44)15-22)31-19-46-17-23-10-8-11-24(33(23)31)18-47-38(56)59-41(4,5)6/h8,10-11,14-17,19,21H,9,12-13,18,20H2,1-7H3,(H,47,56)(H,48,49,55). The molecule has 59 heavy (non-hydrogen) atoms. The molecule has 310 valence electrons. The van der Waals surface area contributed by atoms with Crippen LogP contribution < -0.4 is 22.0 Å². The second-order valence-electron chi connectivity index (χ2n) is 15.8. The maximum atomic E-state index is 14.7. The van der Waals surface area contributed by atoms with E-state index in [4.69, 9.17) is 21.1 Å². The maximum absolute atomic E-state index is 14.7. The summed E-state index contributed by atoms with van der Waals surface area (Å²) in [7, 11) is 1.71. The Morgan fingerprint density at radius 3 is 2.32 bits per heavy atom. The second-order valence-corrected chi connectivity index (χ2v) is 16.2. The number of aromatic nitrogens is 6. The number of nitrogens with zero attached hydrogens (tertiary/aromatic N) is 6. The van der Waals surface area contributed by atoms with Gasteiger partial charge in [0, 0.05) is 48.6 Å². The summed E-state index contributed by atoms with van der Waals surface area (Å²) in [6.45, 7) is 9.75. The molecule has 3 aromatic carbocycles. The number of rotatable bonds is 11. The van der Waals surface area contributed by atoms with E-state index in [0.717, 1.165) is 21.3 Å². The highest BCUT2D eigenvalue weighted by molar-refractivity contribution is 6.34. The number of nitrogens with one attached hydrogen (secondary N) is 2. The van der Waals surface area contributed by atoms with Crippen molar-refractivity contribution >= 4 is 57.0 Å². The molecular formula is C41H42ClF3N8O6. The smallest absolute Gasteiger partial charge is 0.407 e. The van der Waals surface area contributed by atoms with E-state index in [0.29, 0.717) is 39.2 Å². The number of halogens is 4. The Bertz CT molecular complexity index is 2710. The van der Waals surface area contributed by atoms with Gasteiger partial charge in [-0.1, -0.05) is 29.8 Å². The van der Waals surface area contributed by atoms with Gasteiger partial charge in [-0.05, 0) is 89.3 Å². The van der Waals surface area contributed by atoms with Gasteiger partial charge in [-0.25, -0.2) is 32.1 Å². The molecule has 3 heterocycles. The van der Waals surface area contributed by atoms with Crippen molar-refractivity contribution in [3.8, 4) is 5.69 Å². The third kappa shape index (κ3) is 9.74. The minimum atomic E-state index is -1.70. The molecule has 0 aliphatic rings. The lowest BCUT2D eigenvalue weighted by molar-refractivity contribution is -0.154. The summed E-state index contributed by atoms with van der Waals surface area (Å²) in [5, 5.41) is 11.8. The van der Waals surface area contributed by atoms with Crippen molar-refractivity contribution in [1.29, 1.82) is 0 Å². The van der Waals surface area contributed by atoms with Crippen LogP contribution in [0.25, 0.3) is 27.4 Å². The number of pyridine rings is 1. The molecule has 0 unspecified atom stereocenters. The first kappa shape index (κ1) is 42.4. The molecule has 2 N–H and O–H groups in total. The molecule has 3 aromatic heterocycles. The summed E-state index contributed by atoms with van der Waals surface area (Å²) in [6.07, 6.45) is 4.44. The number of benzene rings is 3. The Balaban J connectivity index is 1.50. The Morgan fingerprint density at radius 2 is 1.64 bits per heavy atom. The van der Waals surface area contributed by atoms with Gasteiger partial charge in [0.1, 0.15) is 11.2 Å². The van der Waals surface area contributed by atoms with Crippen LogP contribution in [0.4, 0.5) is 29.6 Å². The Morgan fingerprint density at radius 1 is 0.949 bits per heavy atom. The van der Waals surface area contributed by atoms with Crippen molar-refractivity contribution in [2.75, 3.05) is 5.32 Å². The predicted molar refractivity (Wildman–Crippen MR) is 216 cm³/mol. The quantitative estimate of drug-likeness (QED) is 0.0995. The lowest BCUT2D eigenvalue weighted by atomic mass is 10.0. The van der Waals surface area contributed by atoms with Crippen LogP contribution in [0, 0.1) is 17.5 Å². The lowest BCUT2D eigenvalue weighted by Gasteiger charge is -2.21. The van der Waals surface area contributed by atoms with Gasteiger partial charge >= 0.3 is 23.4 Å². The van der Waals surface area contributed by atoms with Gasteiger partial charge in [-0.2, -0.15) is 10.1 Å². The van der Waals surface area contributed by atoms with E-state index in [1.807, 2.05) is 0 Å². The van der Waals surface area contributed by atoms with Crippen molar-refractivity contribution in [3.05, 3.63) is 115 Å². The summed E-state index contributed by atoms with van der Waals surface area (Å²) >= 11 is 6.85. The third-order valence-corrected chi connectivity index (χ3v) is 9.12. The summed E-state index contributed by atoms with van der Waals surface area (Å²) in [4.78, 5) is 62.6. The maximum Gasteiger partial charge on any atom is 0.407 e. The fraction of sp³-hybridized carbons (Fsp3) is 0.341. The second kappa shape index (κ2) is 16.6. The number of aryl methyl sites for hydroxylation is 2. The summed E-state index contributed by atoms with van der Waals surface area (Å²) in [5.41, 5.74) is -1.96. The third-order valence-electron chi connectivity index (χ3n) is 8.82. The van der Waals surface area contributed by atoms with Crippen LogP contribution >= 0.6 is 11.6 Å². The van der Waals surface area contributed by atoms with E-state index < -0.39 is 58.6 Å². The number of hydrogen-bond acceptors (Lipinski definition) is 10. The lowest BCUT2D eigenvalue weighted by Crippen LogP contribution is -2.42. The number of esters is 1. The molecule has 6 rings (SSSR count). The minimum Gasteiger partial charge on any atom is -0.460 e. The topological polar surface area (TPSA) is 164 Å². The number of amides is 1. The van der Waals surface area contributed by atoms with Gasteiger partial charge in [-0.15, -0.1) is 0 Å².